The highest BCUT2D eigenvalue weighted by molar-refractivity contribution is 5.98. The summed E-state index contributed by atoms with van der Waals surface area (Å²) in [6, 6.07) is 3.99. The number of amidine groups is 1. The number of nitrogens with zero attached hydrogens (tertiary/aromatic N) is 1. The Kier molecular flexibility index (Phi) is 3.18. The summed E-state index contributed by atoms with van der Waals surface area (Å²) in [5.74, 6) is -1.05. The number of hydrogen-bond donors (Lipinski definition) is 3. The van der Waals surface area contributed by atoms with Crippen molar-refractivity contribution in [2.75, 3.05) is 5.32 Å². The lowest BCUT2D eigenvalue weighted by atomic mass is 10.1. The van der Waals surface area contributed by atoms with E-state index in [4.69, 9.17) is 10.9 Å². The molecule has 0 saturated heterocycles. The van der Waals surface area contributed by atoms with Crippen molar-refractivity contribution in [3.63, 3.8) is 0 Å². The Morgan fingerprint density at radius 2 is 2.21 bits per heavy atom. The van der Waals surface area contributed by atoms with Crippen LogP contribution in [0, 0.1) is 17.2 Å². The van der Waals surface area contributed by atoms with E-state index in [-0.39, 0.29) is 34.3 Å². The topological polar surface area (TPSA) is 87.7 Å². The number of oxime groups is 1. The van der Waals surface area contributed by atoms with Gasteiger partial charge in [-0.3, -0.25) is 4.79 Å². The van der Waals surface area contributed by atoms with Crippen molar-refractivity contribution in [3.05, 3.63) is 29.6 Å². The zero-order valence-corrected chi connectivity index (χ0v) is 10.8. The monoisotopic (exact) mass is 265 g/mol. The van der Waals surface area contributed by atoms with E-state index in [9.17, 15) is 9.18 Å². The normalized spacial score (nSPS) is 21.0. The molecule has 1 aromatic rings. The van der Waals surface area contributed by atoms with Crippen LogP contribution in [0.15, 0.2) is 23.4 Å². The lowest BCUT2D eigenvalue weighted by Gasteiger charge is -2.08. The van der Waals surface area contributed by atoms with E-state index in [1.807, 2.05) is 13.8 Å². The SMILES string of the molecule is CC1(C)CC1C(=O)Nc1ccc(/C(N)=N/O)cc1F. The lowest BCUT2D eigenvalue weighted by Crippen LogP contribution is -2.18. The van der Waals surface area contributed by atoms with Crippen LogP contribution < -0.4 is 11.1 Å². The van der Waals surface area contributed by atoms with Gasteiger partial charge in [-0.05, 0) is 30.0 Å². The molecular formula is C13H16FN3O2. The van der Waals surface area contributed by atoms with Crippen LogP contribution in [0.5, 0.6) is 0 Å². The minimum atomic E-state index is -0.615. The first-order valence-electron chi connectivity index (χ1n) is 5.93. The van der Waals surface area contributed by atoms with E-state index in [1.54, 1.807) is 0 Å². The van der Waals surface area contributed by atoms with Gasteiger partial charge in [-0.15, -0.1) is 0 Å². The molecule has 0 radical (unpaired) electrons. The lowest BCUT2D eigenvalue weighted by molar-refractivity contribution is -0.118. The number of amides is 1. The number of halogens is 1. The second kappa shape index (κ2) is 4.53. The molecule has 1 unspecified atom stereocenters. The highest BCUT2D eigenvalue weighted by atomic mass is 19.1. The summed E-state index contributed by atoms with van der Waals surface area (Å²) in [5.41, 5.74) is 5.70. The zero-order chi connectivity index (χ0) is 14.2. The van der Waals surface area contributed by atoms with Crippen LogP contribution in [0.25, 0.3) is 0 Å². The number of rotatable bonds is 3. The number of anilines is 1. The first kappa shape index (κ1) is 13.3. The van der Waals surface area contributed by atoms with Crippen LogP contribution in [0.2, 0.25) is 0 Å². The Bertz CT molecular complexity index is 555. The van der Waals surface area contributed by atoms with E-state index in [2.05, 4.69) is 10.5 Å². The third kappa shape index (κ3) is 2.67. The molecule has 1 saturated carbocycles. The third-order valence-electron chi connectivity index (χ3n) is 3.46. The summed E-state index contributed by atoms with van der Waals surface area (Å²) in [6.45, 7) is 3.99. The Morgan fingerprint density at radius 1 is 1.58 bits per heavy atom. The predicted octanol–water partition coefficient (Wildman–Crippen LogP) is 1.90. The second-order valence-electron chi connectivity index (χ2n) is 5.41. The summed E-state index contributed by atoms with van der Waals surface area (Å²) in [7, 11) is 0. The number of carbonyl (C=O) groups is 1. The molecule has 1 aromatic carbocycles. The van der Waals surface area contributed by atoms with Crippen molar-refractivity contribution in [2.45, 2.75) is 20.3 Å². The molecule has 1 aliphatic rings. The molecule has 1 atom stereocenters. The molecule has 102 valence electrons. The first-order valence-corrected chi connectivity index (χ1v) is 5.93. The Balaban J connectivity index is 2.12. The van der Waals surface area contributed by atoms with Gasteiger partial charge in [-0.1, -0.05) is 19.0 Å². The van der Waals surface area contributed by atoms with Gasteiger partial charge >= 0.3 is 0 Å². The standard InChI is InChI=1S/C13H16FN3O2/c1-13(2)6-8(13)12(18)16-10-4-3-7(5-9(10)14)11(15)17-19/h3-5,8,19H,6H2,1-2H3,(H2,15,17)(H,16,18). The number of benzene rings is 1. The molecule has 0 aromatic heterocycles. The molecule has 2 rings (SSSR count). The van der Waals surface area contributed by atoms with Crippen LogP contribution in [0.4, 0.5) is 10.1 Å². The van der Waals surface area contributed by atoms with Gasteiger partial charge in [-0.25, -0.2) is 4.39 Å². The average molecular weight is 265 g/mol. The summed E-state index contributed by atoms with van der Waals surface area (Å²) < 4.78 is 13.8. The predicted molar refractivity (Wildman–Crippen MR) is 69.4 cm³/mol. The first-order chi connectivity index (χ1) is 8.85. The zero-order valence-electron chi connectivity index (χ0n) is 10.8. The van der Waals surface area contributed by atoms with Crippen molar-refractivity contribution in [1.82, 2.24) is 0 Å². The molecule has 0 spiro atoms. The summed E-state index contributed by atoms with van der Waals surface area (Å²) >= 11 is 0. The van der Waals surface area contributed by atoms with Gasteiger partial charge in [0, 0.05) is 11.5 Å². The van der Waals surface area contributed by atoms with Crippen LogP contribution in [0.3, 0.4) is 0 Å². The van der Waals surface area contributed by atoms with E-state index >= 15 is 0 Å². The minimum absolute atomic E-state index is 0.00548. The average Bonchev–Trinajstić information content (AvgIpc) is 3.00. The molecule has 0 heterocycles. The summed E-state index contributed by atoms with van der Waals surface area (Å²) in [5, 5.41) is 13.8. The van der Waals surface area contributed by atoms with Crippen molar-refractivity contribution in [2.24, 2.45) is 22.2 Å². The van der Waals surface area contributed by atoms with Crippen molar-refractivity contribution in [3.8, 4) is 0 Å². The van der Waals surface area contributed by atoms with E-state index < -0.39 is 5.82 Å². The van der Waals surface area contributed by atoms with Crippen molar-refractivity contribution >= 4 is 17.4 Å². The molecule has 4 N–H and O–H groups in total. The molecule has 0 bridgehead atoms. The Hall–Kier alpha value is -2.11. The quantitative estimate of drug-likeness (QED) is 0.337. The van der Waals surface area contributed by atoms with Crippen LogP contribution in [-0.2, 0) is 4.79 Å². The molecule has 0 aliphatic heterocycles. The maximum Gasteiger partial charge on any atom is 0.228 e. The van der Waals surface area contributed by atoms with Gasteiger partial charge in [0.05, 0.1) is 5.69 Å². The number of carbonyl (C=O) groups excluding carboxylic acids is 1. The molecule has 19 heavy (non-hydrogen) atoms. The maximum atomic E-state index is 13.8. The fourth-order valence-electron chi connectivity index (χ4n) is 1.97. The van der Waals surface area contributed by atoms with Gasteiger partial charge in [0.15, 0.2) is 5.84 Å². The van der Waals surface area contributed by atoms with Crippen molar-refractivity contribution < 1.29 is 14.4 Å². The second-order valence-corrected chi connectivity index (χ2v) is 5.41. The molecular weight excluding hydrogens is 249 g/mol. The summed E-state index contributed by atoms with van der Waals surface area (Å²) in [6.07, 6.45) is 0.808. The number of nitrogens with two attached hydrogens (primary N) is 1. The highest BCUT2D eigenvalue weighted by Crippen LogP contribution is 2.52. The molecule has 5 nitrogen and oxygen atoms in total. The van der Waals surface area contributed by atoms with E-state index in [0.717, 1.165) is 12.5 Å². The van der Waals surface area contributed by atoms with Crippen LogP contribution >= 0.6 is 0 Å². The molecule has 1 amide bonds. The van der Waals surface area contributed by atoms with Gasteiger partial charge in [-0.2, -0.15) is 0 Å². The molecule has 1 aliphatic carbocycles. The van der Waals surface area contributed by atoms with Gasteiger partial charge in [0.2, 0.25) is 5.91 Å². The van der Waals surface area contributed by atoms with Crippen molar-refractivity contribution in [1.29, 1.82) is 0 Å². The summed E-state index contributed by atoms with van der Waals surface area (Å²) in [4.78, 5) is 11.9. The third-order valence-corrected chi connectivity index (χ3v) is 3.46. The Morgan fingerprint density at radius 3 is 2.68 bits per heavy atom. The smallest absolute Gasteiger partial charge is 0.228 e. The Labute approximate surface area is 110 Å². The number of hydrogen-bond acceptors (Lipinski definition) is 3. The maximum absolute atomic E-state index is 13.8. The molecule has 6 heteroatoms. The largest absolute Gasteiger partial charge is 0.409 e. The van der Waals surface area contributed by atoms with E-state index in [0.29, 0.717) is 0 Å². The van der Waals surface area contributed by atoms with Gasteiger partial charge in [0.25, 0.3) is 0 Å². The fourth-order valence-corrected chi connectivity index (χ4v) is 1.97. The van der Waals surface area contributed by atoms with Crippen LogP contribution in [-0.4, -0.2) is 17.0 Å². The highest BCUT2D eigenvalue weighted by Gasteiger charge is 2.50. The molecule has 1 fully saturated rings. The van der Waals surface area contributed by atoms with Gasteiger partial charge < -0.3 is 16.3 Å². The van der Waals surface area contributed by atoms with E-state index in [1.165, 1.54) is 12.1 Å². The fraction of sp³-hybridized carbons (Fsp3) is 0.385. The minimum Gasteiger partial charge on any atom is -0.409 e. The van der Waals surface area contributed by atoms with Gasteiger partial charge in [0.1, 0.15) is 5.82 Å². The number of nitrogens with one attached hydrogen (secondary N) is 1. The van der Waals surface area contributed by atoms with Crippen LogP contribution in [0.1, 0.15) is 25.8 Å².